The summed E-state index contributed by atoms with van der Waals surface area (Å²) >= 11 is 3.69. The number of aromatic hydroxyl groups is 1. The van der Waals surface area contributed by atoms with Crippen molar-refractivity contribution in [2.45, 2.75) is 13.3 Å². The molecule has 180 valence electrons. The van der Waals surface area contributed by atoms with Gasteiger partial charge in [0.15, 0.2) is 5.75 Å². The number of aryl methyl sites for hydroxylation is 1. The number of nitrogens with zero attached hydrogens (tertiary/aromatic N) is 1. The molecule has 1 fully saturated rings. The van der Waals surface area contributed by atoms with Crippen molar-refractivity contribution in [2.75, 3.05) is 24.1 Å². The molecule has 1 N–H and O–H groups in total. The monoisotopic (exact) mass is 601 g/mol. The van der Waals surface area contributed by atoms with Crippen LogP contribution in [-0.2, 0) is 6.42 Å². The molecular formula is C28H25FINO3S. The first-order chi connectivity index (χ1) is 16.9. The maximum absolute atomic E-state index is 13.9. The minimum absolute atomic E-state index is 0.114. The fourth-order valence-corrected chi connectivity index (χ4v) is 6.03. The van der Waals surface area contributed by atoms with Crippen LogP contribution in [0.3, 0.4) is 0 Å². The molecule has 1 aromatic heterocycles. The Hall–Kier alpha value is -2.49. The van der Waals surface area contributed by atoms with Crippen molar-refractivity contribution in [3.63, 3.8) is 0 Å². The second-order valence-electron chi connectivity index (χ2n) is 9.01. The molecule has 1 saturated heterocycles. The van der Waals surface area contributed by atoms with E-state index < -0.39 is 5.82 Å². The smallest absolute Gasteiger partial charge is 0.207 e. The molecule has 1 aliphatic rings. The largest absolute Gasteiger partial charge is 0.508 e. The first-order valence-corrected chi connectivity index (χ1v) is 13.9. The van der Waals surface area contributed by atoms with Gasteiger partial charge in [0.25, 0.3) is 0 Å². The number of halogens is 2. The number of ether oxygens (including phenoxy) is 1. The zero-order chi connectivity index (χ0) is 24.5. The van der Waals surface area contributed by atoms with E-state index in [0.29, 0.717) is 27.5 Å². The first-order valence-electron chi connectivity index (χ1n) is 11.5. The Kier molecular flexibility index (Phi) is 7.09. The van der Waals surface area contributed by atoms with Gasteiger partial charge >= 0.3 is 0 Å². The summed E-state index contributed by atoms with van der Waals surface area (Å²) in [6.45, 7) is 5.21. The topological polar surface area (TPSA) is 49.8 Å². The van der Waals surface area contributed by atoms with E-state index in [1.165, 1.54) is 46.6 Å². The molecule has 0 saturated carbocycles. The summed E-state index contributed by atoms with van der Waals surface area (Å²) in [6, 6.07) is 17.1. The van der Waals surface area contributed by atoms with Crippen LogP contribution in [-0.4, -0.2) is 39.9 Å². The molecular weight excluding hydrogens is 576 g/mol. The molecule has 0 spiro atoms. The highest BCUT2D eigenvalue weighted by atomic mass is 127. The third-order valence-electron chi connectivity index (χ3n) is 6.39. The third kappa shape index (κ3) is 5.22. The minimum atomic E-state index is -0.459. The zero-order valence-corrected chi connectivity index (χ0v) is 22.2. The summed E-state index contributed by atoms with van der Waals surface area (Å²) in [7, 11) is 0. The van der Waals surface area contributed by atoms with Crippen molar-refractivity contribution in [3.05, 3.63) is 88.0 Å². The Morgan fingerprint density at radius 3 is 2.66 bits per heavy atom. The zero-order valence-electron chi connectivity index (χ0n) is 19.3. The number of fused-ring (bicyclic) bond motifs is 1. The quantitative estimate of drug-likeness (QED) is 0.135. The number of benzene rings is 3. The van der Waals surface area contributed by atoms with Gasteiger partial charge in [-0.3, -0.25) is 4.79 Å². The molecule has 5 rings (SSSR count). The van der Waals surface area contributed by atoms with Gasteiger partial charge in [-0.2, -0.15) is 0 Å². The number of hydrogen-bond acceptors (Lipinski definition) is 5. The lowest BCUT2D eigenvalue weighted by Gasteiger charge is -2.38. The van der Waals surface area contributed by atoms with E-state index in [4.69, 9.17) is 4.74 Å². The van der Waals surface area contributed by atoms with Crippen molar-refractivity contribution < 1.29 is 19.0 Å². The molecule has 3 aromatic carbocycles. The summed E-state index contributed by atoms with van der Waals surface area (Å²) in [5.74, 6) is 1.24. The Bertz CT molecular complexity index is 1380. The SMILES string of the molecule is Cc1ccc(F)cc1C(=O)c1sc2cc(O)ccc2c1Oc1ccc(CCN2CC(CI)C2)cc1. The molecule has 2 heterocycles. The van der Waals surface area contributed by atoms with Gasteiger partial charge in [-0.15, -0.1) is 11.3 Å². The molecule has 4 nitrogen and oxygen atoms in total. The van der Waals surface area contributed by atoms with Crippen molar-refractivity contribution >= 4 is 49.8 Å². The molecule has 0 aliphatic carbocycles. The van der Waals surface area contributed by atoms with E-state index in [-0.39, 0.29) is 11.5 Å². The highest BCUT2D eigenvalue weighted by molar-refractivity contribution is 14.1. The fraction of sp³-hybridized carbons (Fsp3) is 0.250. The molecule has 4 aromatic rings. The molecule has 1 aliphatic heterocycles. The number of thiophene rings is 1. The lowest BCUT2D eigenvalue weighted by Crippen LogP contribution is -2.48. The van der Waals surface area contributed by atoms with E-state index in [9.17, 15) is 14.3 Å². The number of carbonyl (C=O) groups excluding carboxylic acids is 1. The number of carbonyl (C=O) groups is 1. The first kappa shape index (κ1) is 24.2. The minimum Gasteiger partial charge on any atom is -0.508 e. The number of likely N-dealkylation sites (tertiary alicyclic amines) is 1. The fourth-order valence-electron chi connectivity index (χ4n) is 4.36. The van der Waals surface area contributed by atoms with Crippen molar-refractivity contribution in [3.8, 4) is 17.2 Å². The van der Waals surface area contributed by atoms with Crippen LogP contribution in [0.2, 0.25) is 0 Å². The molecule has 7 heteroatoms. The number of phenols is 1. The van der Waals surface area contributed by atoms with Gasteiger partial charge in [-0.25, -0.2) is 4.39 Å². The summed E-state index contributed by atoms with van der Waals surface area (Å²) in [5, 5.41) is 10.7. The Morgan fingerprint density at radius 2 is 1.91 bits per heavy atom. The van der Waals surface area contributed by atoms with Gasteiger partial charge in [-0.1, -0.05) is 40.8 Å². The summed E-state index contributed by atoms with van der Waals surface area (Å²) in [6.07, 6.45) is 0.984. The van der Waals surface area contributed by atoms with E-state index in [1.807, 2.05) is 12.1 Å². The molecule has 0 atom stereocenters. The van der Waals surface area contributed by atoms with Crippen LogP contribution in [0.1, 0.15) is 26.4 Å². The Labute approximate surface area is 221 Å². The molecule has 0 bridgehead atoms. The highest BCUT2D eigenvalue weighted by Crippen LogP contribution is 2.43. The number of hydrogen-bond donors (Lipinski definition) is 1. The lowest BCUT2D eigenvalue weighted by molar-refractivity contribution is 0.103. The summed E-state index contributed by atoms with van der Waals surface area (Å²) < 4.78 is 22.1. The van der Waals surface area contributed by atoms with Gasteiger partial charge < -0.3 is 14.7 Å². The van der Waals surface area contributed by atoms with Crippen molar-refractivity contribution in [2.24, 2.45) is 5.92 Å². The second kappa shape index (κ2) is 10.2. The number of phenolic OH excluding ortho intramolecular Hbond substituents is 1. The van der Waals surface area contributed by atoms with E-state index in [2.05, 4.69) is 39.6 Å². The van der Waals surface area contributed by atoms with Crippen LogP contribution in [0.4, 0.5) is 4.39 Å². The van der Waals surface area contributed by atoms with Gasteiger partial charge in [0.05, 0.1) is 0 Å². The second-order valence-corrected chi connectivity index (χ2v) is 10.9. The predicted octanol–water partition coefficient (Wildman–Crippen LogP) is 6.99. The number of rotatable bonds is 8. The van der Waals surface area contributed by atoms with Crippen molar-refractivity contribution in [1.29, 1.82) is 0 Å². The van der Waals surface area contributed by atoms with E-state index >= 15 is 0 Å². The number of alkyl halides is 1. The normalized spacial score (nSPS) is 14.3. The Morgan fingerprint density at radius 1 is 1.14 bits per heavy atom. The highest BCUT2D eigenvalue weighted by Gasteiger charge is 2.25. The van der Waals surface area contributed by atoms with Crippen LogP contribution >= 0.6 is 33.9 Å². The van der Waals surface area contributed by atoms with E-state index in [1.54, 1.807) is 31.2 Å². The summed E-state index contributed by atoms with van der Waals surface area (Å²) in [5.41, 5.74) is 2.23. The molecule has 0 amide bonds. The number of ketones is 1. The van der Waals surface area contributed by atoms with Crippen LogP contribution < -0.4 is 4.74 Å². The molecule has 0 radical (unpaired) electrons. The maximum atomic E-state index is 13.9. The van der Waals surface area contributed by atoms with Gasteiger partial charge in [0, 0.05) is 39.7 Å². The van der Waals surface area contributed by atoms with Crippen LogP contribution in [0.25, 0.3) is 10.1 Å². The van der Waals surface area contributed by atoms with Gasteiger partial charge in [0.1, 0.15) is 22.2 Å². The predicted molar refractivity (Wildman–Crippen MR) is 147 cm³/mol. The maximum Gasteiger partial charge on any atom is 0.207 e. The molecule has 35 heavy (non-hydrogen) atoms. The molecule has 0 unspecified atom stereocenters. The average molecular weight is 601 g/mol. The van der Waals surface area contributed by atoms with Crippen LogP contribution in [0.15, 0.2) is 60.7 Å². The average Bonchev–Trinajstić information content (AvgIpc) is 3.17. The van der Waals surface area contributed by atoms with Crippen molar-refractivity contribution in [1.82, 2.24) is 4.90 Å². The Balaban J connectivity index is 1.40. The van der Waals surface area contributed by atoms with Crippen LogP contribution in [0, 0.1) is 18.7 Å². The van der Waals surface area contributed by atoms with Gasteiger partial charge in [-0.05, 0) is 72.9 Å². The third-order valence-corrected chi connectivity index (χ3v) is 8.77. The van der Waals surface area contributed by atoms with Crippen LogP contribution in [0.5, 0.6) is 17.2 Å². The standard InChI is InChI=1S/C28H25FINO3S/c1-17-2-5-20(29)12-24(17)26(33)28-27(23-9-6-21(32)13-25(23)35-28)34-22-7-3-18(4-8-22)10-11-31-15-19(14-30)16-31/h2-9,12-13,19,32H,10-11,14-16H2,1H3. The van der Waals surface area contributed by atoms with E-state index in [0.717, 1.165) is 29.0 Å². The lowest BCUT2D eigenvalue weighted by atomic mass is 10.0. The van der Waals surface area contributed by atoms with Gasteiger partial charge in [0.2, 0.25) is 5.78 Å². The summed E-state index contributed by atoms with van der Waals surface area (Å²) in [4.78, 5) is 16.3.